The summed E-state index contributed by atoms with van der Waals surface area (Å²) in [5, 5.41) is 13.4. The van der Waals surface area contributed by atoms with Crippen LogP contribution >= 0.6 is 11.3 Å². The third kappa shape index (κ3) is 3.17. The van der Waals surface area contributed by atoms with Gasteiger partial charge in [-0.25, -0.2) is 0 Å². The fraction of sp³-hybridized carbons (Fsp3) is 0.214. The van der Waals surface area contributed by atoms with Crippen molar-refractivity contribution in [1.82, 2.24) is 0 Å². The number of rotatable bonds is 5. The van der Waals surface area contributed by atoms with E-state index in [1.54, 1.807) is 11.3 Å². The zero-order valence-electron chi connectivity index (χ0n) is 9.37. The summed E-state index contributed by atoms with van der Waals surface area (Å²) < 4.78 is 0. The highest BCUT2D eigenvalue weighted by atomic mass is 32.1. The van der Waals surface area contributed by atoms with E-state index in [0.29, 0.717) is 6.42 Å². The van der Waals surface area contributed by atoms with Crippen molar-refractivity contribution >= 4 is 17.3 Å². The minimum absolute atomic E-state index is 0.406. The summed E-state index contributed by atoms with van der Waals surface area (Å²) >= 11 is 1.65. The Morgan fingerprint density at radius 1 is 1.24 bits per heavy atom. The van der Waals surface area contributed by atoms with Crippen LogP contribution in [0.5, 0.6) is 0 Å². The quantitative estimate of drug-likeness (QED) is 0.876. The van der Waals surface area contributed by atoms with Crippen molar-refractivity contribution in [2.45, 2.75) is 18.8 Å². The van der Waals surface area contributed by atoms with Crippen LogP contribution in [0.15, 0.2) is 47.2 Å². The molecule has 0 saturated heterocycles. The summed E-state index contributed by atoms with van der Waals surface area (Å²) in [7, 11) is 0. The smallest absolute Gasteiger partial charge is 0.310 e. The minimum Gasteiger partial charge on any atom is -0.481 e. The molecule has 3 heteroatoms. The first kappa shape index (κ1) is 11.9. The predicted molar refractivity (Wildman–Crippen MR) is 69.5 cm³/mol. The van der Waals surface area contributed by atoms with Gasteiger partial charge in [0.25, 0.3) is 0 Å². The Kier molecular flexibility index (Phi) is 3.94. The van der Waals surface area contributed by atoms with Crippen LogP contribution in [0.1, 0.15) is 23.5 Å². The Bertz CT molecular complexity index is 462. The van der Waals surface area contributed by atoms with Gasteiger partial charge < -0.3 is 5.11 Å². The van der Waals surface area contributed by atoms with Crippen LogP contribution in [-0.4, -0.2) is 11.1 Å². The van der Waals surface area contributed by atoms with Gasteiger partial charge in [-0.3, -0.25) is 4.79 Å². The summed E-state index contributed by atoms with van der Waals surface area (Å²) in [6.45, 7) is 0. The maximum atomic E-state index is 11.3. The second kappa shape index (κ2) is 5.64. The van der Waals surface area contributed by atoms with Crippen LogP contribution in [0.2, 0.25) is 0 Å². The van der Waals surface area contributed by atoms with Gasteiger partial charge in [-0.05, 0) is 40.8 Å². The first-order valence-corrected chi connectivity index (χ1v) is 6.50. The van der Waals surface area contributed by atoms with Crippen molar-refractivity contribution in [2.24, 2.45) is 0 Å². The Balaban J connectivity index is 2.06. The molecule has 0 aliphatic heterocycles. The number of hydrogen-bond donors (Lipinski definition) is 1. The molecule has 1 unspecified atom stereocenters. The fourth-order valence-electron chi connectivity index (χ4n) is 1.86. The predicted octanol–water partition coefficient (Wildman–Crippen LogP) is 3.55. The van der Waals surface area contributed by atoms with Gasteiger partial charge in [0.15, 0.2) is 0 Å². The van der Waals surface area contributed by atoms with Gasteiger partial charge in [0.2, 0.25) is 0 Å². The second-order valence-electron chi connectivity index (χ2n) is 3.97. The highest BCUT2D eigenvalue weighted by molar-refractivity contribution is 7.07. The monoisotopic (exact) mass is 246 g/mol. The van der Waals surface area contributed by atoms with Crippen molar-refractivity contribution in [3.63, 3.8) is 0 Å². The molecule has 0 bridgehead atoms. The van der Waals surface area contributed by atoms with E-state index in [9.17, 15) is 9.90 Å². The average molecular weight is 246 g/mol. The maximum absolute atomic E-state index is 11.3. The molecule has 0 amide bonds. The molecule has 0 radical (unpaired) electrons. The molecule has 0 aliphatic carbocycles. The van der Waals surface area contributed by atoms with E-state index in [2.05, 4.69) is 11.4 Å². The number of aryl methyl sites for hydroxylation is 1. The first-order chi connectivity index (χ1) is 8.27. The third-order valence-corrected chi connectivity index (χ3v) is 3.53. The number of thiophene rings is 1. The van der Waals surface area contributed by atoms with Gasteiger partial charge in [0.1, 0.15) is 0 Å². The van der Waals surface area contributed by atoms with E-state index in [1.807, 2.05) is 35.7 Å². The van der Waals surface area contributed by atoms with Crippen LogP contribution in [0.25, 0.3) is 0 Å². The molecule has 88 valence electrons. The Hall–Kier alpha value is -1.61. The van der Waals surface area contributed by atoms with Crippen LogP contribution < -0.4 is 0 Å². The molecule has 1 heterocycles. The summed E-state index contributed by atoms with van der Waals surface area (Å²) in [4.78, 5) is 11.3. The second-order valence-corrected chi connectivity index (χ2v) is 4.75. The standard InChI is InChI=1S/C14H14O2S/c15-14(16)13(12-4-2-1-3-5-12)7-6-11-8-9-17-10-11/h1-5,8-10,13H,6-7H2,(H,15,16). The molecule has 1 atom stereocenters. The molecule has 1 aromatic carbocycles. The number of carboxylic acids is 1. The summed E-state index contributed by atoms with van der Waals surface area (Å²) in [5.41, 5.74) is 2.10. The van der Waals surface area contributed by atoms with Crippen LogP contribution in [0, 0.1) is 0 Å². The van der Waals surface area contributed by atoms with Crippen molar-refractivity contribution in [3.8, 4) is 0 Å². The molecular weight excluding hydrogens is 232 g/mol. The molecule has 1 aromatic heterocycles. The normalized spacial score (nSPS) is 12.2. The van der Waals surface area contributed by atoms with Gasteiger partial charge in [-0.15, -0.1) is 0 Å². The lowest BCUT2D eigenvalue weighted by Gasteiger charge is -2.11. The molecule has 0 saturated carbocycles. The number of benzene rings is 1. The zero-order valence-corrected chi connectivity index (χ0v) is 10.2. The van der Waals surface area contributed by atoms with Crippen molar-refractivity contribution in [3.05, 3.63) is 58.3 Å². The molecule has 0 spiro atoms. The molecule has 2 aromatic rings. The van der Waals surface area contributed by atoms with E-state index < -0.39 is 11.9 Å². The van der Waals surface area contributed by atoms with Crippen LogP contribution in [-0.2, 0) is 11.2 Å². The van der Waals surface area contributed by atoms with E-state index in [4.69, 9.17) is 0 Å². The molecule has 2 rings (SSSR count). The number of aliphatic carboxylic acids is 1. The number of hydrogen-bond acceptors (Lipinski definition) is 2. The molecule has 0 aliphatic rings. The minimum atomic E-state index is -0.744. The van der Waals surface area contributed by atoms with E-state index in [-0.39, 0.29) is 0 Å². The SMILES string of the molecule is O=C(O)C(CCc1ccsc1)c1ccccc1. The topological polar surface area (TPSA) is 37.3 Å². The van der Waals surface area contributed by atoms with Crippen molar-refractivity contribution < 1.29 is 9.90 Å². The zero-order chi connectivity index (χ0) is 12.1. The van der Waals surface area contributed by atoms with Crippen molar-refractivity contribution in [2.75, 3.05) is 0 Å². The van der Waals surface area contributed by atoms with Gasteiger partial charge >= 0.3 is 5.97 Å². The molecule has 17 heavy (non-hydrogen) atoms. The maximum Gasteiger partial charge on any atom is 0.310 e. The number of carboxylic acid groups (broad SMARTS) is 1. The highest BCUT2D eigenvalue weighted by Crippen LogP contribution is 2.22. The number of carbonyl (C=O) groups is 1. The Morgan fingerprint density at radius 3 is 2.59 bits per heavy atom. The van der Waals surface area contributed by atoms with Crippen molar-refractivity contribution in [1.29, 1.82) is 0 Å². The fourth-order valence-corrected chi connectivity index (χ4v) is 2.57. The summed E-state index contributed by atoms with van der Waals surface area (Å²) in [6.07, 6.45) is 1.46. The average Bonchev–Trinajstić information content (AvgIpc) is 2.83. The summed E-state index contributed by atoms with van der Waals surface area (Å²) in [6, 6.07) is 11.5. The largest absolute Gasteiger partial charge is 0.481 e. The first-order valence-electron chi connectivity index (χ1n) is 5.56. The Morgan fingerprint density at radius 2 is 2.00 bits per heavy atom. The van der Waals surface area contributed by atoms with Gasteiger partial charge in [-0.1, -0.05) is 30.3 Å². The molecular formula is C14H14O2S. The lowest BCUT2D eigenvalue weighted by atomic mass is 9.93. The van der Waals surface area contributed by atoms with Gasteiger partial charge in [0.05, 0.1) is 5.92 Å². The van der Waals surface area contributed by atoms with Gasteiger partial charge in [0, 0.05) is 0 Å². The Labute approximate surface area is 105 Å². The van der Waals surface area contributed by atoms with Crippen LogP contribution in [0.4, 0.5) is 0 Å². The van der Waals surface area contributed by atoms with E-state index in [1.165, 1.54) is 5.56 Å². The van der Waals surface area contributed by atoms with Gasteiger partial charge in [-0.2, -0.15) is 11.3 Å². The lowest BCUT2D eigenvalue weighted by molar-refractivity contribution is -0.138. The van der Waals surface area contributed by atoms with E-state index in [0.717, 1.165) is 12.0 Å². The third-order valence-electron chi connectivity index (χ3n) is 2.80. The lowest BCUT2D eigenvalue weighted by Crippen LogP contribution is -2.12. The van der Waals surface area contributed by atoms with E-state index >= 15 is 0 Å². The molecule has 1 N–H and O–H groups in total. The molecule has 2 nitrogen and oxygen atoms in total. The van der Waals surface area contributed by atoms with Crippen LogP contribution in [0.3, 0.4) is 0 Å². The highest BCUT2D eigenvalue weighted by Gasteiger charge is 2.19. The molecule has 0 fully saturated rings. The summed E-state index contributed by atoms with van der Waals surface area (Å²) in [5.74, 6) is -1.15.